The molecule has 2 aliphatic rings. The van der Waals surface area contributed by atoms with Gasteiger partial charge in [-0.25, -0.2) is 4.98 Å². The molecule has 2 aliphatic heterocycles. The molecule has 148 valence electrons. The standard InChI is InChI=1S/C20H24N4O4/c1-13-17(21-14(2)28-13)19(27)24-11-20(12-24)6-4-7-23(10-20)18(26)15-5-8-22(3)16(25)9-15/h5,8-9H,4,6-7,10-12H2,1-3H3. The van der Waals surface area contributed by atoms with Gasteiger partial charge in [-0.1, -0.05) is 0 Å². The molecule has 2 aromatic rings. The van der Waals surface area contributed by atoms with Crippen LogP contribution in [0.5, 0.6) is 0 Å². The largest absolute Gasteiger partial charge is 0.445 e. The van der Waals surface area contributed by atoms with E-state index < -0.39 is 0 Å². The minimum absolute atomic E-state index is 0.0734. The Labute approximate surface area is 162 Å². The van der Waals surface area contributed by atoms with E-state index in [4.69, 9.17) is 4.42 Å². The van der Waals surface area contributed by atoms with Crippen molar-refractivity contribution >= 4 is 11.8 Å². The molecule has 0 radical (unpaired) electrons. The highest BCUT2D eigenvalue weighted by atomic mass is 16.4. The van der Waals surface area contributed by atoms with Crippen molar-refractivity contribution in [2.75, 3.05) is 26.2 Å². The van der Waals surface area contributed by atoms with Crippen LogP contribution < -0.4 is 5.56 Å². The molecule has 8 nitrogen and oxygen atoms in total. The predicted octanol–water partition coefficient (Wildman–Crippen LogP) is 1.37. The van der Waals surface area contributed by atoms with Crippen molar-refractivity contribution in [3.8, 4) is 0 Å². The monoisotopic (exact) mass is 384 g/mol. The number of rotatable bonds is 2. The summed E-state index contributed by atoms with van der Waals surface area (Å²) in [5.74, 6) is 0.786. The van der Waals surface area contributed by atoms with Gasteiger partial charge in [0.25, 0.3) is 17.4 Å². The zero-order chi connectivity index (χ0) is 20.1. The first kappa shape index (κ1) is 18.5. The second kappa shape index (κ2) is 6.61. The molecule has 0 aliphatic carbocycles. The number of pyridine rings is 1. The molecule has 28 heavy (non-hydrogen) atoms. The lowest BCUT2D eigenvalue weighted by Gasteiger charge is -2.54. The molecule has 2 saturated heterocycles. The Balaban J connectivity index is 1.44. The highest BCUT2D eigenvalue weighted by Gasteiger charge is 2.49. The Hall–Kier alpha value is -2.90. The van der Waals surface area contributed by atoms with Gasteiger partial charge < -0.3 is 18.8 Å². The number of amides is 2. The Bertz CT molecular complexity index is 1000. The van der Waals surface area contributed by atoms with Gasteiger partial charge >= 0.3 is 0 Å². The van der Waals surface area contributed by atoms with Crippen LogP contribution in [-0.4, -0.2) is 57.3 Å². The summed E-state index contributed by atoms with van der Waals surface area (Å²) in [5.41, 5.74) is 0.518. The van der Waals surface area contributed by atoms with Gasteiger partial charge in [-0.3, -0.25) is 14.4 Å². The van der Waals surface area contributed by atoms with Gasteiger partial charge in [0.1, 0.15) is 5.76 Å². The van der Waals surface area contributed by atoms with E-state index in [9.17, 15) is 14.4 Å². The van der Waals surface area contributed by atoms with Crippen LogP contribution in [0, 0.1) is 19.3 Å². The summed E-state index contributed by atoms with van der Waals surface area (Å²) >= 11 is 0. The van der Waals surface area contributed by atoms with Crippen LogP contribution in [-0.2, 0) is 7.05 Å². The third-order valence-electron chi connectivity index (χ3n) is 5.75. The molecular weight excluding hydrogens is 360 g/mol. The maximum Gasteiger partial charge on any atom is 0.276 e. The van der Waals surface area contributed by atoms with Crippen molar-refractivity contribution in [3.05, 3.63) is 51.6 Å². The lowest BCUT2D eigenvalue weighted by Crippen LogP contribution is -2.64. The molecule has 0 atom stereocenters. The normalized spacial score (nSPS) is 18.2. The topological polar surface area (TPSA) is 88.7 Å². The van der Waals surface area contributed by atoms with Crippen LogP contribution in [0.4, 0.5) is 0 Å². The molecule has 0 saturated carbocycles. The SMILES string of the molecule is Cc1nc(C(=O)N2CC3(CCCN(C(=O)c4ccn(C)c(=O)c4)C3)C2)c(C)o1. The van der Waals surface area contributed by atoms with Gasteiger partial charge in [-0.2, -0.15) is 0 Å². The van der Waals surface area contributed by atoms with Crippen LogP contribution in [0.15, 0.2) is 27.5 Å². The van der Waals surface area contributed by atoms with Gasteiger partial charge in [0.2, 0.25) is 0 Å². The van der Waals surface area contributed by atoms with Gasteiger partial charge in [-0.05, 0) is 25.8 Å². The smallest absolute Gasteiger partial charge is 0.276 e. The number of hydrogen-bond acceptors (Lipinski definition) is 5. The van der Waals surface area contributed by atoms with Gasteiger partial charge in [0, 0.05) is 63.4 Å². The van der Waals surface area contributed by atoms with Crippen LogP contribution in [0.1, 0.15) is 45.3 Å². The van der Waals surface area contributed by atoms with Crippen LogP contribution in [0.3, 0.4) is 0 Å². The van der Waals surface area contributed by atoms with Crippen LogP contribution >= 0.6 is 0 Å². The Kier molecular flexibility index (Phi) is 4.36. The first-order valence-corrected chi connectivity index (χ1v) is 9.47. The highest BCUT2D eigenvalue weighted by Crippen LogP contribution is 2.40. The molecule has 0 bridgehead atoms. The van der Waals surface area contributed by atoms with Gasteiger partial charge in [0.15, 0.2) is 11.6 Å². The summed E-state index contributed by atoms with van der Waals surface area (Å²) in [7, 11) is 1.66. The summed E-state index contributed by atoms with van der Waals surface area (Å²) in [6.07, 6.45) is 3.48. The molecule has 1 spiro atoms. The Morgan fingerprint density at radius 3 is 2.50 bits per heavy atom. The van der Waals surface area contributed by atoms with Gasteiger partial charge in [0.05, 0.1) is 0 Å². The Morgan fingerprint density at radius 1 is 1.14 bits per heavy atom. The van der Waals surface area contributed by atoms with Crippen molar-refractivity contribution in [2.45, 2.75) is 26.7 Å². The number of oxazole rings is 1. The fraction of sp³-hybridized carbons (Fsp3) is 0.500. The van der Waals surface area contributed by atoms with Crippen molar-refractivity contribution in [3.63, 3.8) is 0 Å². The van der Waals surface area contributed by atoms with Crippen molar-refractivity contribution in [2.24, 2.45) is 12.5 Å². The maximum atomic E-state index is 12.9. The zero-order valence-electron chi connectivity index (χ0n) is 16.4. The minimum Gasteiger partial charge on any atom is -0.445 e. The molecule has 2 fully saturated rings. The van der Waals surface area contributed by atoms with Crippen molar-refractivity contribution in [1.82, 2.24) is 19.4 Å². The molecule has 4 heterocycles. The summed E-state index contributed by atoms with van der Waals surface area (Å²) < 4.78 is 6.81. The van der Waals surface area contributed by atoms with E-state index in [2.05, 4.69) is 4.98 Å². The fourth-order valence-corrected chi connectivity index (χ4v) is 4.29. The quantitative estimate of drug-likeness (QED) is 0.780. The predicted molar refractivity (Wildman–Crippen MR) is 101 cm³/mol. The van der Waals surface area contributed by atoms with E-state index in [0.29, 0.717) is 49.1 Å². The summed E-state index contributed by atoms with van der Waals surface area (Å²) in [6.45, 7) is 5.96. The number of hydrogen-bond donors (Lipinski definition) is 0. The van der Waals surface area contributed by atoms with Crippen LogP contribution in [0.2, 0.25) is 0 Å². The molecule has 2 amide bonds. The summed E-state index contributed by atoms with van der Waals surface area (Å²) in [5, 5.41) is 0. The van der Waals surface area contributed by atoms with Crippen molar-refractivity contribution in [1.29, 1.82) is 0 Å². The number of nitrogens with zero attached hydrogens (tertiary/aromatic N) is 4. The lowest BCUT2D eigenvalue weighted by molar-refractivity contribution is -0.0341. The average Bonchev–Trinajstić information content (AvgIpc) is 2.99. The van der Waals surface area contributed by atoms with E-state index in [1.807, 2.05) is 4.90 Å². The molecule has 0 aromatic carbocycles. The molecule has 2 aromatic heterocycles. The third kappa shape index (κ3) is 3.12. The fourth-order valence-electron chi connectivity index (χ4n) is 4.29. The van der Waals surface area contributed by atoms with Crippen LogP contribution in [0.25, 0.3) is 0 Å². The van der Waals surface area contributed by atoms with E-state index in [1.54, 1.807) is 38.1 Å². The van der Waals surface area contributed by atoms with E-state index >= 15 is 0 Å². The first-order valence-electron chi connectivity index (χ1n) is 9.47. The number of piperidine rings is 1. The molecule has 0 N–H and O–H groups in total. The number of aromatic nitrogens is 2. The zero-order valence-corrected chi connectivity index (χ0v) is 16.4. The van der Waals surface area contributed by atoms with E-state index in [-0.39, 0.29) is 22.8 Å². The second-order valence-electron chi connectivity index (χ2n) is 7.99. The van der Waals surface area contributed by atoms with E-state index in [1.165, 1.54) is 10.6 Å². The molecule has 0 unspecified atom stereocenters. The maximum absolute atomic E-state index is 12.9. The van der Waals surface area contributed by atoms with Crippen molar-refractivity contribution < 1.29 is 14.0 Å². The first-order chi connectivity index (χ1) is 13.3. The summed E-state index contributed by atoms with van der Waals surface area (Å²) in [6, 6.07) is 3.06. The molecule has 4 rings (SSSR count). The minimum atomic E-state index is -0.198. The second-order valence-corrected chi connectivity index (χ2v) is 7.99. The van der Waals surface area contributed by atoms with E-state index in [0.717, 1.165) is 12.8 Å². The average molecular weight is 384 g/mol. The highest BCUT2D eigenvalue weighted by molar-refractivity contribution is 5.95. The third-order valence-corrected chi connectivity index (χ3v) is 5.75. The number of aryl methyl sites for hydroxylation is 3. The number of likely N-dealkylation sites (tertiary alicyclic amines) is 2. The van der Waals surface area contributed by atoms with Gasteiger partial charge in [-0.15, -0.1) is 0 Å². The summed E-state index contributed by atoms with van der Waals surface area (Å²) in [4.78, 5) is 45.1. The Morgan fingerprint density at radius 2 is 1.86 bits per heavy atom. The number of carbonyl (C=O) groups excluding carboxylic acids is 2. The molecule has 8 heteroatoms. The molecular formula is C20H24N4O4. The lowest BCUT2D eigenvalue weighted by atomic mass is 9.73. The number of carbonyl (C=O) groups is 2.